The molecule has 0 aliphatic carbocycles. The highest BCUT2D eigenvalue weighted by molar-refractivity contribution is 7.74. The largest absolute Gasteiger partial charge is 0.768 e. The maximum absolute atomic E-state index is 4.26. The van der Waals surface area contributed by atoms with Crippen LogP contribution in [0.3, 0.4) is 0 Å². The third-order valence-corrected chi connectivity index (χ3v) is 0.316. The minimum Gasteiger partial charge on any atom is -0.768 e. The second kappa shape index (κ2) is 2.89. The van der Waals surface area contributed by atoms with Crippen molar-refractivity contribution in [2.75, 3.05) is 7.05 Å². The molecule has 0 fully saturated rings. The van der Waals surface area contributed by atoms with Gasteiger partial charge in [-0.25, -0.2) is 0 Å². The fourth-order valence-electron chi connectivity index (χ4n) is 0. The lowest BCUT2D eigenvalue weighted by atomic mass is 11.4. The standard InChI is InChI=1S/C2H5NS/c1-3-2-4/h2H,1H3,(H,3,4)/p-1. The van der Waals surface area contributed by atoms with Crippen molar-refractivity contribution in [2.24, 2.45) is 4.99 Å². The van der Waals surface area contributed by atoms with Crippen LogP contribution in [0, 0.1) is 0 Å². The Hall–Kier alpha value is -0.110. The Bertz CT molecular complexity index is 21.2. The molecule has 0 rings (SSSR count). The molecular weight excluding hydrogens is 70.1 g/mol. The molecule has 0 spiro atoms. The van der Waals surface area contributed by atoms with E-state index in [0.29, 0.717) is 0 Å². The van der Waals surface area contributed by atoms with E-state index in [1.165, 1.54) is 5.55 Å². The molecule has 0 saturated carbocycles. The van der Waals surface area contributed by atoms with E-state index in [0.717, 1.165) is 0 Å². The molecule has 24 valence electrons. The summed E-state index contributed by atoms with van der Waals surface area (Å²) < 4.78 is 0. The second-order valence-corrected chi connectivity index (χ2v) is 0.574. The SMILES string of the molecule is CN=C[S-]. The summed E-state index contributed by atoms with van der Waals surface area (Å²) in [6, 6.07) is 0. The topological polar surface area (TPSA) is 12.4 Å². The van der Waals surface area contributed by atoms with Crippen LogP contribution in [0.25, 0.3) is 0 Å². The fraction of sp³-hybridized carbons (Fsp3) is 0.500. The summed E-state index contributed by atoms with van der Waals surface area (Å²) in [5.41, 5.74) is 1.33. The monoisotopic (exact) mass is 74.0 g/mol. The smallest absolute Gasteiger partial charge is 0.0252 e. The first-order valence-corrected chi connectivity index (χ1v) is 1.41. The van der Waals surface area contributed by atoms with Crippen LogP contribution < -0.4 is 0 Å². The van der Waals surface area contributed by atoms with Gasteiger partial charge in [-0.3, -0.25) is 0 Å². The number of hydrogen-bond donors (Lipinski definition) is 0. The number of nitrogens with zero attached hydrogens (tertiary/aromatic N) is 1. The number of hydrogen-bond acceptors (Lipinski definition) is 2. The van der Waals surface area contributed by atoms with Crippen molar-refractivity contribution < 1.29 is 0 Å². The van der Waals surface area contributed by atoms with Crippen molar-refractivity contribution in [1.82, 2.24) is 0 Å². The van der Waals surface area contributed by atoms with Gasteiger partial charge in [-0.2, -0.15) is 0 Å². The zero-order valence-corrected chi connectivity index (χ0v) is 3.25. The summed E-state index contributed by atoms with van der Waals surface area (Å²) in [7, 11) is 1.65. The van der Waals surface area contributed by atoms with E-state index in [-0.39, 0.29) is 0 Å². The van der Waals surface area contributed by atoms with Gasteiger partial charge in [0.2, 0.25) is 0 Å². The highest BCUT2D eigenvalue weighted by Gasteiger charge is 1.18. The molecule has 0 unspecified atom stereocenters. The van der Waals surface area contributed by atoms with Gasteiger partial charge < -0.3 is 17.6 Å². The molecule has 0 radical (unpaired) electrons. The van der Waals surface area contributed by atoms with Crippen molar-refractivity contribution in [3.8, 4) is 0 Å². The first kappa shape index (κ1) is 3.89. The molecule has 0 amide bonds. The van der Waals surface area contributed by atoms with Crippen molar-refractivity contribution in [3.63, 3.8) is 0 Å². The normalized spacial score (nSPS) is 9.25. The molecule has 0 heterocycles. The summed E-state index contributed by atoms with van der Waals surface area (Å²) in [6.45, 7) is 0. The van der Waals surface area contributed by atoms with Crippen LogP contribution in [0.4, 0.5) is 0 Å². The van der Waals surface area contributed by atoms with Gasteiger partial charge in [0.25, 0.3) is 0 Å². The van der Waals surface area contributed by atoms with Crippen molar-refractivity contribution >= 4 is 18.2 Å². The molecule has 0 bridgehead atoms. The molecule has 4 heavy (non-hydrogen) atoms. The predicted octanol–water partition coefficient (Wildman–Crippen LogP) is 0.191. The second-order valence-electron chi connectivity index (χ2n) is 0.364. The summed E-state index contributed by atoms with van der Waals surface area (Å²) in [4.78, 5) is 3.43. The first-order chi connectivity index (χ1) is 1.91. The van der Waals surface area contributed by atoms with E-state index < -0.39 is 0 Å². The lowest BCUT2D eigenvalue weighted by molar-refractivity contribution is 1.49. The fourth-order valence-corrected chi connectivity index (χ4v) is 0. The molecule has 0 aromatic carbocycles. The summed E-state index contributed by atoms with van der Waals surface area (Å²) >= 11 is 4.26. The van der Waals surface area contributed by atoms with Crippen LogP contribution in [0.1, 0.15) is 0 Å². The highest BCUT2D eigenvalue weighted by Crippen LogP contribution is 1.37. The van der Waals surface area contributed by atoms with Crippen molar-refractivity contribution in [3.05, 3.63) is 0 Å². The lowest BCUT2D eigenvalue weighted by Crippen LogP contribution is -1.50. The average molecular weight is 74.1 g/mol. The van der Waals surface area contributed by atoms with Gasteiger partial charge in [0, 0.05) is 7.05 Å². The maximum atomic E-state index is 4.26. The molecule has 0 atom stereocenters. The van der Waals surface area contributed by atoms with Crippen molar-refractivity contribution in [2.45, 2.75) is 0 Å². The number of aliphatic imine (C=N–C) groups is 1. The van der Waals surface area contributed by atoms with Gasteiger partial charge in [0.05, 0.1) is 0 Å². The quantitative estimate of drug-likeness (QED) is 0.227. The number of rotatable bonds is 0. The third kappa shape index (κ3) is 1.89. The summed E-state index contributed by atoms with van der Waals surface area (Å²) in [5, 5.41) is 0. The molecule has 0 aromatic rings. The van der Waals surface area contributed by atoms with Crippen LogP contribution in [0.2, 0.25) is 0 Å². The van der Waals surface area contributed by atoms with E-state index in [1.54, 1.807) is 7.05 Å². The Balaban J connectivity index is 2.55. The molecule has 0 saturated heterocycles. The average Bonchev–Trinajstić information content (AvgIpc) is 1.37. The zero-order valence-electron chi connectivity index (χ0n) is 2.43. The molecule has 1 nitrogen and oxygen atoms in total. The maximum Gasteiger partial charge on any atom is 0.0252 e. The Labute approximate surface area is 31.2 Å². The van der Waals surface area contributed by atoms with Crippen LogP contribution >= 0.6 is 0 Å². The van der Waals surface area contributed by atoms with E-state index in [9.17, 15) is 0 Å². The Morgan fingerprint density at radius 1 is 2.00 bits per heavy atom. The third-order valence-electron chi connectivity index (χ3n) is 0.105. The van der Waals surface area contributed by atoms with Gasteiger partial charge in [-0.1, -0.05) is 0 Å². The van der Waals surface area contributed by atoms with Gasteiger partial charge in [0.15, 0.2) is 0 Å². The summed E-state index contributed by atoms with van der Waals surface area (Å²) in [5.74, 6) is 0. The van der Waals surface area contributed by atoms with Crippen molar-refractivity contribution in [1.29, 1.82) is 0 Å². The lowest BCUT2D eigenvalue weighted by Gasteiger charge is -1.74. The molecule has 0 aromatic heterocycles. The van der Waals surface area contributed by atoms with Crippen LogP contribution in [0.5, 0.6) is 0 Å². The predicted molar refractivity (Wildman–Crippen MR) is 21.8 cm³/mol. The van der Waals surface area contributed by atoms with Gasteiger partial charge in [-0.05, 0) is 0 Å². The molecule has 0 N–H and O–H groups in total. The Morgan fingerprint density at radius 2 is 2.25 bits per heavy atom. The molecule has 0 aliphatic heterocycles. The van der Waals surface area contributed by atoms with Gasteiger partial charge in [0.1, 0.15) is 0 Å². The Morgan fingerprint density at radius 3 is 2.25 bits per heavy atom. The van der Waals surface area contributed by atoms with E-state index in [2.05, 4.69) is 17.6 Å². The van der Waals surface area contributed by atoms with E-state index in [1.807, 2.05) is 0 Å². The van der Waals surface area contributed by atoms with Gasteiger partial charge >= 0.3 is 0 Å². The van der Waals surface area contributed by atoms with Gasteiger partial charge in [-0.15, -0.1) is 5.55 Å². The van der Waals surface area contributed by atoms with Crippen LogP contribution in [-0.2, 0) is 12.6 Å². The van der Waals surface area contributed by atoms with E-state index >= 15 is 0 Å². The first-order valence-electron chi connectivity index (χ1n) is 0.941. The minimum absolute atomic E-state index is 1.33. The zero-order chi connectivity index (χ0) is 3.41. The van der Waals surface area contributed by atoms with Crippen LogP contribution in [0.15, 0.2) is 4.99 Å². The Kier molecular flexibility index (Phi) is 2.81. The minimum atomic E-state index is 1.33. The van der Waals surface area contributed by atoms with E-state index in [4.69, 9.17) is 0 Å². The molecule has 0 aliphatic rings. The summed E-state index contributed by atoms with van der Waals surface area (Å²) in [6.07, 6.45) is 0. The van der Waals surface area contributed by atoms with Crippen LogP contribution in [-0.4, -0.2) is 12.6 Å². The molecular formula is C2H4NS-. The molecule has 2 heteroatoms. The highest BCUT2D eigenvalue weighted by atomic mass is 32.1.